The second kappa shape index (κ2) is 8.56. The first kappa shape index (κ1) is 20.6. The van der Waals surface area contributed by atoms with Gasteiger partial charge >= 0.3 is 6.18 Å². The average Bonchev–Trinajstić information content (AvgIpc) is 2.50. The molecule has 2 N–H and O–H groups in total. The number of amides is 2. The van der Waals surface area contributed by atoms with Gasteiger partial charge in [0, 0.05) is 23.9 Å². The summed E-state index contributed by atoms with van der Waals surface area (Å²) in [7, 11) is 0. The summed E-state index contributed by atoms with van der Waals surface area (Å²) in [5.41, 5.74) is -1.06. The van der Waals surface area contributed by atoms with E-state index in [0.717, 1.165) is 12.1 Å². The highest BCUT2D eigenvalue weighted by Crippen LogP contribution is 2.29. The Hall–Kier alpha value is -2.49. The Labute approximate surface area is 145 Å². The molecule has 4 nitrogen and oxygen atoms in total. The van der Waals surface area contributed by atoms with Crippen molar-refractivity contribution in [3.05, 3.63) is 35.4 Å². The van der Waals surface area contributed by atoms with Gasteiger partial charge in [-0.05, 0) is 18.2 Å². The van der Waals surface area contributed by atoms with Gasteiger partial charge in [-0.2, -0.15) is 13.2 Å². The van der Waals surface area contributed by atoms with E-state index in [-0.39, 0.29) is 36.9 Å². The fraction of sp³-hybridized carbons (Fsp3) is 0.444. The lowest BCUT2D eigenvalue weighted by atomic mass is 9.96. The van der Waals surface area contributed by atoms with E-state index in [1.807, 2.05) is 0 Å². The molecule has 0 saturated heterocycles. The van der Waals surface area contributed by atoms with Crippen LogP contribution in [0, 0.1) is 17.3 Å². The Balaban J connectivity index is 2.40. The van der Waals surface area contributed by atoms with Gasteiger partial charge in [-0.3, -0.25) is 9.59 Å². The summed E-state index contributed by atoms with van der Waals surface area (Å²) in [4.78, 5) is 23.2. The minimum Gasteiger partial charge on any atom is -0.355 e. The molecule has 0 aliphatic carbocycles. The molecule has 0 heterocycles. The van der Waals surface area contributed by atoms with Crippen molar-refractivity contribution in [3.8, 4) is 11.8 Å². The second-order valence-electron chi connectivity index (χ2n) is 6.41. The monoisotopic (exact) mass is 354 g/mol. The van der Waals surface area contributed by atoms with Gasteiger partial charge in [-0.15, -0.1) is 0 Å². The highest BCUT2D eigenvalue weighted by molar-refractivity contribution is 5.82. The van der Waals surface area contributed by atoms with E-state index < -0.39 is 17.2 Å². The summed E-state index contributed by atoms with van der Waals surface area (Å²) in [5, 5.41) is 5.17. The standard InChI is InChI=1S/C18H21F3N2O2/c1-17(2,3)16(25)23-11-9-15(24)22-10-5-7-13-6-4-8-14(12-13)18(19,20)21/h4,6,8,12H,9-11H2,1-3H3,(H,22,24)(H,23,25). The van der Waals surface area contributed by atoms with E-state index in [9.17, 15) is 22.8 Å². The number of nitrogens with one attached hydrogen (secondary N) is 2. The van der Waals surface area contributed by atoms with Crippen LogP contribution in [0.3, 0.4) is 0 Å². The molecule has 0 aliphatic heterocycles. The molecule has 1 aromatic rings. The molecule has 0 aromatic heterocycles. The quantitative estimate of drug-likeness (QED) is 0.817. The first-order valence-electron chi connectivity index (χ1n) is 7.71. The molecule has 25 heavy (non-hydrogen) atoms. The van der Waals surface area contributed by atoms with Crippen LogP contribution < -0.4 is 10.6 Å². The Morgan fingerprint density at radius 3 is 2.40 bits per heavy atom. The molecule has 1 aromatic carbocycles. The predicted octanol–water partition coefficient (Wildman–Crippen LogP) is 2.73. The number of benzene rings is 1. The molecule has 0 aliphatic rings. The summed E-state index contributed by atoms with van der Waals surface area (Å²) in [6.45, 7) is 5.54. The molecule has 0 atom stereocenters. The highest BCUT2D eigenvalue weighted by atomic mass is 19.4. The molecule has 0 saturated carbocycles. The van der Waals surface area contributed by atoms with Gasteiger partial charge in [0.1, 0.15) is 0 Å². The first-order chi connectivity index (χ1) is 11.5. The van der Waals surface area contributed by atoms with Crippen LogP contribution in [0.5, 0.6) is 0 Å². The van der Waals surface area contributed by atoms with Gasteiger partial charge in [-0.25, -0.2) is 0 Å². The third-order valence-electron chi connectivity index (χ3n) is 3.12. The van der Waals surface area contributed by atoms with Crippen molar-refractivity contribution < 1.29 is 22.8 Å². The number of halogens is 3. The third-order valence-corrected chi connectivity index (χ3v) is 3.12. The lowest BCUT2D eigenvalue weighted by Crippen LogP contribution is -2.37. The van der Waals surface area contributed by atoms with E-state index in [0.29, 0.717) is 0 Å². The van der Waals surface area contributed by atoms with Crippen molar-refractivity contribution in [2.24, 2.45) is 5.41 Å². The molecular weight excluding hydrogens is 333 g/mol. The molecule has 0 radical (unpaired) electrons. The van der Waals surface area contributed by atoms with Crippen LogP contribution in [0.25, 0.3) is 0 Å². The van der Waals surface area contributed by atoms with Crippen molar-refractivity contribution in [2.75, 3.05) is 13.1 Å². The van der Waals surface area contributed by atoms with Gasteiger partial charge in [0.05, 0.1) is 12.1 Å². The Kier molecular flexibility index (Phi) is 7.04. The summed E-state index contributed by atoms with van der Waals surface area (Å²) in [6.07, 6.45) is -4.31. The summed E-state index contributed by atoms with van der Waals surface area (Å²) in [5.74, 6) is 4.72. The zero-order chi connectivity index (χ0) is 19.1. The minimum absolute atomic E-state index is 0.0162. The van der Waals surface area contributed by atoms with Crippen molar-refractivity contribution in [1.29, 1.82) is 0 Å². The molecule has 7 heteroatoms. The lowest BCUT2D eigenvalue weighted by Gasteiger charge is -2.17. The van der Waals surface area contributed by atoms with Crippen LogP contribution in [0.1, 0.15) is 38.3 Å². The number of alkyl halides is 3. The fourth-order valence-corrected chi connectivity index (χ4v) is 1.71. The normalized spacial score (nSPS) is 11.3. The number of carbonyl (C=O) groups excluding carboxylic acids is 2. The molecule has 0 fully saturated rings. The molecule has 2 amide bonds. The summed E-state index contributed by atoms with van der Waals surface area (Å²) in [6, 6.07) is 4.67. The fourth-order valence-electron chi connectivity index (χ4n) is 1.71. The van der Waals surface area contributed by atoms with E-state index in [1.165, 1.54) is 12.1 Å². The highest BCUT2D eigenvalue weighted by Gasteiger charge is 2.30. The maximum atomic E-state index is 12.6. The molecule has 0 bridgehead atoms. The van der Waals surface area contributed by atoms with Gasteiger partial charge in [0.25, 0.3) is 0 Å². The Morgan fingerprint density at radius 2 is 1.80 bits per heavy atom. The first-order valence-corrected chi connectivity index (χ1v) is 7.71. The van der Waals surface area contributed by atoms with Crippen LogP contribution in [0.2, 0.25) is 0 Å². The zero-order valence-electron chi connectivity index (χ0n) is 14.4. The van der Waals surface area contributed by atoms with Crippen LogP contribution in [-0.2, 0) is 15.8 Å². The van der Waals surface area contributed by atoms with E-state index >= 15 is 0 Å². The topological polar surface area (TPSA) is 58.2 Å². The molecule has 0 spiro atoms. The molecule has 1 rings (SSSR count). The van der Waals surface area contributed by atoms with E-state index in [4.69, 9.17) is 0 Å². The Morgan fingerprint density at radius 1 is 1.12 bits per heavy atom. The minimum atomic E-state index is -4.41. The number of hydrogen-bond donors (Lipinski definition) is 2. The maximum Gasteiger partial charge on any atom is 0.416 e. The predicted molar refractivity (Wildman–Crippen MR) is 88.4 cm³/mol. The van der Waals surface area contributed by atoms with Crippen molar-refractivity contribution in [3.63, 3.8) is 0 Å². The maximum absolute atomic E-state index is 12.6. The summed E-state index contributed by atoms with van der Waals surface area (Å²) >= 11 is 0. The number of carbonyl (C=O) groups is 2. The van der Waals surface area contributed by atoms with Crippen LogP contribution in [0.4, 0.5) is 13.2 Å². The van der Waals surface area contributed by atoms with Crippen LogP contribution in [-0.4, -0.2) is 24.9 Å². The van der Waals surface area contributed by atoms with Gasteiger partial charge in [0.15, 0.2) is 0 Å². The van der Waals surface area contributed by atoms with Gasteiger partial charge in [-0.1, -0.05) is 38.7 Å². The van der Waals surface area contributed by atoms with Crippen LogP contribution in [0.15, 0.2) is 24.3 Å². The van der Waals surface area contributed by atoms with Gasteiger partial charge < -0.3 is 10.6 Å². The van der Waals surface area contributed by atoms with E-state index in [2.05, 4.69) is 22.5 Å². The number of rotatable bonds is 4. The van der Waals surface area contributed by atoms with Crippen molar-refractivity contribution in [2.45, 2.75) is 33.4 Å². The average molecular weight is 354 g/mol. The van der Waals surface area contributed by atoms with Gasteiger partial charge in [0.2, 0.25) is 11.8 Å². The Bertz CT molecular complexity index is 680. The molecule has 0 unspecified atom stereocenters. The second-order valence-corrected chi connectivity index (χ2v) is 6.41. The SMILES string of the molecule is CC(C)(C)C(=O)NCCC(=O)NCC#Cc1cccc(C(F)(F)F)c1. The lowest BCUT2D eigenvalue weighted by molar-refractivity contribution is -0.137. The third kappa shape index (κ3) is 7.75. The smallest absolute Gasteiger partial charge is 0.355 e. The van der Waals surface area contributed by atoms with Crippen molar-refractivity contribution in [1.82, 2.24) is 10.6 Å². The molecular formula is C18H21F3N2O2. The van der Waals surface area contributed by atoms with E-state index in [1.54, 1.807) is 20.8 Å². The zero-order valence-corrected chi connectivity index (χ0v) is 14.4. The summed E-state index contributed by atoms with van der Waals surface area (Å²) < 4.78 is 37.7. The van der Waals surface area contributed by atoms with Crippen molar-refractivity contribution >= 4 is 11.8 Å². The van der Waals surface area contributed by atoms with Crippen LogP contribution >= 0.6 is 0 Å². The number of hydrogen-bond acceptors (Lipinski definition) is 2. The molecule has 136 valence electrons. The largest absolute Gasteiger partial charge is 0.416 e.